The molecule has 5 nitrogen and oxygen atoms in total. The predicted molar refractivity (Wildman–Crippen MR) is 81.9 cm³/mol. The molecule has 0 aliphatic heterocycles. The number of carbonyl (C=O) groups is 2. The van der Waals surface area contributed by atoms with Crippen molar-refractivity contribution in [1.82, 2.24) is 5.32 Å². The van der Waals surface area contributed by atoms with Crippen LogP contribution in [0.4, 0.5) is 10.5 Å². The summed E-state index contributed by atoms with van der Waals surface area (Å²) < 4.78 is 0.753. The van der Waals surface area contributed by atoms with Crippen molar-refractivity contribution in [3.63, 3.8) is 0 Å². The summed E-state index contributed by atoms with van der Waals surface area (Å²) in [6.07, 6.45) is 0.387. The number of nitrogens with one attached hydrogen (secondary N) is 2. The molecule has 3 N–H and O–H groups in total. The van der Waals surface area contributed by atoms with Crippen molar-refractivity contribution < 1.29 is 14.7 Å². The summed E-state index contributed by atoms with van der Waals surface area (Å²) in [6.45, 7) is 5.76. The van der Waals surface area contributed by atoms with Crippen LogP contribution in [-0.4, -0.2) is 23.1 Å². The minimum absolute atomic E-state index is 0.183. The topological polar surface area (TPSA) is 78.4 Å². The number of halogens is 1. The van der Waals surface area contributed by atoms with E-state index in [9.17, 15) is 9.59 Å². The van der Waals surface area contributed by atoms with Gasteiger partial charge in [-0.15, -0.1) is 0 Å². The maximum atomic E-state index is 11.8. The number of benzene rings is 1. The Morgan fingerprint density at radius 3 is 2.50 bits per heavy atom. The molecule has 0 saturated heterocycles. The van der Waals surface area contributed by atoms with E-state index >= 15 is 0 Å². The summed E-state index contributed by atoms with van der Waals surface area (Å²) in [5, 5.41) is 14.2. The molecule has 1 rings (SSSR count). The lowest BCUT2D eigenvalue weighted by Crippen LogP contribution is -2.43. The van der Waals surface area contributed by atoms with Gasteiger partial charge >= 0.3 is 12.0 Å². The number of hydrogen-bond donors (Lipinski definition) is 3. The Bertz CT molecular complexity index is 503. The van der Waals surface area contributed by atoms with Gasteiger partial charge in [0.05, 0.1) is 5.69 Å². The zero-order valence-electron chi connectivity index (χ0n) is 11.7. The fourth-order valence-corrected chi connectivity index (χ4v) is 2.32. The van der Waals surface area contributed by atoms with E-state index in [4.69, 9.17) is 5.11 Å². The smallest absolute Gasteiger partial charge is 0.326 e. The summed E-state index contributed by atoms with van der Waals surface area (Å²) in [4.78, 5) is 22.9. The van der Waals surface area contributed by atoms with Gasteiger partial charge in [-0.25, -0.2) is 9.59 Å². The highest BCUT2D eigenvalue weighted by atomic mass is 79.9. The van der Waals surface area contributed by atoms with Gasteiger partial charge < -0.3 is 15.7 Å². The summed E-state index contributed by atoms with van der Waals surface area (Å²) in [6, 6.07) is 4.08. The molecule has 1 aromatic carbocycles. The number of rotatable bonds is 5. The number of amides is 2. The third kappa shape index (κ3) is 5.21. The van der Waals surface area contributed by atoms with Crippen LogP contribution in [0.2, 0.25) is 0 Å². The molecule has 20 heavy (non-hydrogen) atoms. The summed E-state index contributed by atoms with van der Waals surface area (Å²) >= 11 is 3.35. The Balaban J connectivity index is 2.68. The van der Waals surface area contributed by atoms with Crippen molar-refractivity contribution in [1.29, 1.82) is 0 Å². The molecule has 0 fully saturated rings. The quantitative estimate of drug-likeness (QED) is 0.767. The minimum Gasteiger partial charge on any atom is -0.480 e. The van der Waals surface area contributed by atoms with Crippen LogP contribution in [0.25, 0.3) is 0 Å². The van der Waals surface area contributed by atoms with E-state index in [2.05, 4.69) is 26.6 Å². The molecular weight excluding hydrogens is 324 g/mol. The molecule has 0 saturated carbocycles. The zero-order valence-corrected chi connectivity index (χ0v) is 13.3. The lowest BCUT2D eigenvalue weighted by Gasteiger charge is -2.17. The maximum absolute atomic E-state index is 11.8. The predicted octanol–water partition coefficient (Wildman–Crippen LogP) is 3.38. The molecular formula is C14H19BrN2O3. The molecule has 0 unspecified atom stereocenters. The largest absolute Gasteiger partial charge is 0.480 e. The van der Waals surface area contributed by atoms with Crippen LogP contribution in [0, 0.1) is 12.8 Å². The third-order valence-corrected chi connectivity index (χ3v) is 3.34. The van der Waals surface area contributed by atoms with Gasteiger partial charge in [-0.3, -0.25) is 0 Å². The molecule has 1 atom stereocenters. The van der Waals surface area contributed by atoms with Gasteiger partial charge in [0.25, 0.3) is 0 Å². The van der Waals surface area contributed by atoms with E-state index < -0.39 is 18.0 Å². The van der Waals surface area contributed by atoms with Gasteiger partial charge in [0.2, 0.25) is 0 Å². The molecule has 0 bridgehead atoms. The number of anilines is 1. The molecule has 1 aromatic rings. The number of carboxylic acid groups (broad SMARTS) is 1. The van der Waals surface area contributed by atoms with Crippen molar-refractivity contribution in [2.45, 2.75) is 33.2 Å². The van der Waals surface area contributed by atoms with E-state index in [0.717, 1.165) is 10.0 Å². The number of aliphatic carboxylic acids is 1. The second-order valence-electron chi connectivity index (χ2n) is 5.10. The van der Waals surface area contributed by atoms with Crippen molar-refractivity contribution in [2.24, 2.45) is 5.92 Å². The van der Waals surface area contributed by atoms with Gasteiger partial charge in [0, 0.05) is 4.47 Å². The Hall–Kier alpha value is -1.56. The minimum atomic E-state index is -1.03. The van der Waals surface area contributed by atoms with E-state index in [1.165, 1.54) is 0 Å². The van der Waals surface area contributed by atoms with E-state index in [1.54, 1.807) is 6.07 Å². The normalized spacial score (nSPS) is 12.1. The second-order valence-corrected chi connectivity index (χ2v) is 5.96. The molecule has 0 aliphatic rings. The Labute approximate surface area is 126 Å². The van der Waals surface area contributed by atoms with Gasteiger partial charge in [-0.2, -0.15) is 0 Å². The first-order valence-corrected chi connectivity index (χ1v) is 7.15. The van der Waals surface area contributed by atoms with Crippen LogP contribution in [0.5, 0.6) is 0 Å². The van der Waals surface area contributed by atoms with Crippen LogP contribution in [0.1, 0.15) is 25.8 Å². The van der Waals surface area contributed by atoms with E-state index in [1.807, 2.05) is 32.9 Å². The van der Waals surface area contributed by atoms with Gasteiger partial charge in [0.1, 0.15) is 6.04 Å². The molecule has 0 aromatic heterocycles. The highest BCUT2D eigenvalue weighted by molar-refractivity contribution is 9.10. The van der Waals surface area contributed by atoms with Crippen molar-refractivity contribution in [3.05, 3.63) is 28.2 Å². The van der Waals surface area contributed by atoms with Crippen molar-refractivity contribution >= 4 is 33.6 Å². The van der Waals surface area contributed by atoms with Crippen LogP contribution < -0.4 is 10.6 Å². The molecule has 110 valence electrons. The monoisotopic (exact) mass is 342 g/mol. The molecule has 6 heteroatoms. The Kier molecular flexibility index (Phi) is 6.01. The SMILES string of the molecule is Cc1ccc(NC(=O)N[C@@H](CC(C)C)C(=O)O)c(Br)c1. The highest BCUT2D eigenvalue weighted by Crippen LogP contribution is 2.23. The number of carbonyl (C=O) groups excluding carboxylic acids is 1. The van der Waals surface area contributed by atoms with Crippen molar-refractivity contribution in [3.8, 4) is 0 Å². The fourth-order valence-electron chi connectivity index (χ4n) is 1.73. The van der Waals surface area contributed by atoms with Crippen LogP contribution >= 0.6 is 15.9 Å². The van der Waals surface area contributed by atoms with Crippen molar-refractivity contribution in [2.75, 3.05) is 5.32 Å². The molecule has 0 radical (unpaired) electrons. The summed E-state index contributed by atoms with van der Waals surface area (Å²) in [5.74, 6) is -0.848. The number of aryl methyl sites for hydroxylation is 1. The van der Waals surface area contributed by atoms with Crippen LogP contribution in [0.3, 0.4) is 0 Å². The summed E-state index contributed by atoms with van der Waals surface area (Å²) in [7, 11) is 0. The lowest BCUT2D eigenvalue weighted by molar-refractivity contribution is -0.139. The number of urea groups is 1. The standard InChI is InChI=1S/C14H19BrN2O3/c1-8(2)6-12(13(18)19)17-14(20)16-11-5-4-9(3)7-10(11)15/h4-5,7-8,12H,6H2,1-3H3,(H,18,19)(H2,16,17,20)/t12-/m0/s1. The maximum Gasteiger partial charge on any atom is 0.326 e. The fraction of sp³-hybridized carbons (Fsp3) is 0.429. The van der Waals surface area contributed by atoms with Crippen LogP contribution in [-0.2, 0) is 4.79 Å². The molecule has 0 heterocycles. The second kappa shape index (κ2) is 7.28. The van der Waals surface area contributed by atoms with E-state index in [0.29, 0.717) is 12.1 Å². The Morgan fingerprint density at radius 1 is 1.35 bits per heavy atom. The lowest BCUT2D eigenvalue weighted by atomic mass is 10.0. The molecule has 2 amide bonds. The average Bonchev–Trinajstić information content (AvgIpc) is 2.31. The average molecular weight is 343 g/mol. The molecule has 0 spiro atoms. The first-order chi connectivity index (χ1) is 9.29. The highest BCUT2D eigenvalue weighted by Gasteiger charge is 2.21. The number of carboxylic acids is 1. The van der Waals surface area contributed by atoms with Crippen LogP contribution in [0.15, 0.2) is 22.7 Å². The van der Waals surface area contributed by atoms with E-state index in [-0.39, 0.29) is 5.92 Å². The van der Waals surface area contributed by atoms with Gasteiger partial charge in [0.15, 0.2) is 0 Å². The third-order valence-electron chi connectivity index (χ3n) is 2.68. The zero-order chi connectivity index (χ0) is 15.3. The first kappa shape index (κ1) is 16.5. The van der Waals surface area contributed by atoms with Gasteiger partial charge in [-0.1, -0.05) is 19.9 Å². The summed E-state index contributed by atoms with van der Waals surface area (Å²) in [5.41, 5.74) is 1.66. The first-order valence-electron chi connectivity index (χ1n) is 6.36. The molecule has 0 aliphatic carbocycles. The Morgan fingerprint density at radius 2 is 2.00 bits per heavy atom. The number of hydrogen-bond acceptors (Lipinski definition) is 2. The van der Waals surface area contributed by atoms with Gasteiger partial charge in [-0.05, 0) is 52.9 Å².